The van der Waals surface area contributed by atoms with E-state index in [1.807, 2.05) is 0 Å². The Kier molecular flexibility index (Phi) is 6.03. The van der Waals surface area contributed by atoms with Crippen LogP contribution in [0.15, 0.2) is 0 Å². The van der Waals surface area contributed by atoms with Gasteiger partial charge in [0.05, 0.1) is 7.11 Å². The standard InChI is InChI=1S/C11H18N2O4/c1-11(2,3)17-10(15)13-7-8(6-12-4)9(14)16-5/h8H,6-7H2,1-3,5H3,(H,13,15). The van der Waals surface area contributed by atoms with E-state index in [9.17, 15) is 9.59 Å². The van der Waals surface area contributed by atoms with Gasteiger partial charge in [-0.3, -0.25) is 4.79 Å². The van der Waals surface area contributed by atoms with E-state index in [1.165, 1.54) is 7.11 Å². The van der Waals surface area contributed by atoms with Gasteiger partial charge in [0.2, 0.25) is 6.54 Å². The highest BCUT2D eigenvalue weighted by Crippen LogP contribution is 2.07. The van der Waals surface area contributed by atoms with Crippen LogP contribution in [0.4, 0.5) is 4.79 Å². The first kappa shape index (κ1) is 15.2. The summed E-state index contributed by atoms with van der Waals surface area (Å²) >= 11 is 0. The van der Waals surface area contributed by atoms with E-state index in [1.54, 1.807) is 20.8 Å². The van der Waals surface area contributed by atoms with Gasteiger partial charge in [0.25, 0.3) is 0 Å². The SMILES string of the molecule is [C-]#[N+]CC(CNC(=O)OC(C)(C)C)C(=O)OC. The predicted molar refractivity (Wildman–Crippen MR) is 61.2 cm³/mol. The molecule has 1 unspecified atom stereocenters. The molecule has 0 saturated heterocycles. The number of nitrogens with zero attached hydrogens (tertiary/aromatic N) is 1. The molecule has 0 aliphatic rings. The van der Waals surface area contributed by atoms with Crippen molar-refractivity contribution in [3.05, 3.63) is 11.4 Å². The van der Waals surface area contributed by atoms with Crippen LogP contribution in [0, 0.1) is 12.5 Å². The van der Waals surface area contributed by atoms with Crippen LogP contribution in [-0.4, -0.2) is 37.9 Å². The summed E-state index contributed by atoms with van der Waals surface area (Å²) in [4.78, 5) is 25.7. The fourth-order valence-electron chi connectivity index (χ4n) is 1.02. The van der Waals surface area contributed by atoms with Gasteiger partial charge in [-0.05, 0) is 20.8 Å². The molecular formula is C11H18N2O4. The lowest BCUT2D eigenvalue weighted by Gasteiger charge is -2.20. The number of amides is 1. The van der Waals surface area contributed by atoms with Crippen LogP contribution < -0.4 is 5.32 Å². The number of hydrogen-bond donors (Lipinski definition) is 1. The Morgan fingerprint density at radius 2 is 2.00 bits per heavy atom. The van der Waals surface area contributed by atoms with E-state index in [-0.39, 0.29) is 13.1 Å². The van der Waals surface area contributed by atoms with Crippen LogP contribution in [0.1, 0.15) is 20.8 Å². The van der Waals surface area contributed by atoms with E-state index >= 15 is 0 Å². The van der Waals surface area contributed by atoms with Gasteiger partial charge in [0.1, 0.15) is 11.5 Å². The third-order valence-corrected chi connectivity index (χ3v) is 1.74. The molecule has 17 heavy (non-hydrogen) atoms. The van der Waals surface area contributed by atoms with E-state index in [0.717, 1.165) is 0 Å². The highest BCUT2D eigenvalue weighted by molar-refractivity contribution is 5.74. The summed E-state index contributed by atoms with van der Waals surface area (Å²) in [6.07, 6.45) is -0.614. The molecule has 1 atom stereocenters. The topological polar surface area (TPSA) is 69.0 Å². The Hall–Kier alpha value is -1.77. The Bertz CT molecular complexity index is 314. The largest absolute Gasteiger partial charge is 0.469 e. The van der Waals surface area contributed by atoms with Crippen LogP contribution in [0.25, 0.3) is 4.85 Å². The molecule has 0 aromatic rings. The van der Waals surface area contributed by atoms with Gasteiger partial charge in [-0.1, -0.05) is 0 Å². The van der Waals surface area contributed by atoms with Crippen molar-refractivity contribution in [3.8, 4) is 0 Å². The monoisotopic (exact) mass is 242 g/mol. The second-order valence-electron chi connectivity index (χ2n) is 4.44. The molecule has 0 radical (unpaired) electrons. The third-order valence-electron chi connectivity index (χ3n) is 1.74. The Labute approximate surface area is 101 Å². The summed E-state index contributed by atoms with van der Waals surface area (Å²) < 4.78 is 9.52. The van der Waals surface area contributed by atoms with Crippen molar-refractivity contribution in [3.63, 3.8) is 0 Å². The van der Waals surface area contributed by atoms with Crippen molar-refractivity contribution in [1.82, 2.24) is 5.32 Å². The number of rotatable bonds is 4. The van der Waals surface area contributed by atoms with Crippen molar-refractivity contribution in [1.29, 1.82) is 0 Å². The van der Waals surface area contributed by atoms with Gasteiger partial charge < -0.3 is 19.6 Å². The molecule has 0 aromatic heterocycles. The highest BCUT2D eigenvalue weighted by atomic mass is 16.6. The molecule has 6 nitrogen and oxygen atoms in total. The molecule has 1 N–H and O–H groups in total. The fraction of sp³-hybridized carbons (Fsp3) is 0.727. The van der Waals surface area contributed by atoms with Crippen LogP contribution in [0.2, 0.25) is 0 Å². The molecule has 0 bridgehead atoms. The Balaban J connectivity index is 4.18. The number of alkyl carbamates (subject to hydrolysis) is 1. The normalized spacial score (nSPS) is 12.2. The summed E-state index contributed by atoms with van der Waals surface area (Å²) in [5, 5.41) is 2.43. The molecule has 0 rings (SSSR count). The first-order chi connectivity index (χ1) is 7.80. The minimum Gasteiger partial charge on any atom is -0.469 e. The van der Waals surface area contributed by atoms with Gasteiger partial charge in [-0.2, -0.15) is 0 Å². The molecule has 0 spiro atoms. The van der Waals surface area contributed by atoms with E-state index in [0.29, 0.717) is 0 Å². The highest BCUT2D eigenvalue weighted by Gasteiger charge is 2.24. The maximum atomic E-state index is 11.3. The maximum absolute atomic E-state index is 11.3. The number of methoxy groups -OCH3 is 1. The van der Waals surface area contributed by atoms with Gasteiger partial charge in [0.15, 0.2) is 0 Å². The number of carbonyl (C=O) groups excluding carboxylic acids is 2. The van der Waals surface area contributed by atoms with Crippen molar-refractivity contribution >= 4 is 12.1 Å². The minimum atomic E-state index is -0.662. The van der Waals surface area contributed by atoms with Crippen molar-refractivity contribution in [2.45, 2.75) is 26.4 Å². The summed E-state index contributed by atoms with van der Waals surface area (Å²) in [5.74, 6) is -1.18. The van der Waals surface area contributed by atoms with E-state index in [4.69, 9.17) is 11.3 Å². The van der Waals surface area contributed by atoms with Gasteiger partial charge in [-0.25, -0.2) is 11.4 Å². The molecule has 0 heterocycles. The zero-order valence-corrected chi connectivity index (χ0v) is 10.6. The third kappa shape index (κ3) is 7.17. The maximum Gasteiger partial charge on any atom is 0.407 e. The van der Waals surface area contributed by atoms with Gasteiger partial charge in [0, 0.05) is 6.54 Å². The zero-order valence-electron chi connectivity index (χ0n) is 10.6. The molecule has 0 saturated carbocycles. The lowest BCUT2D eigenvalue weighted by atomic mass is 10.1. The number of hydrogen-bond acceptors (Lipinski definition) is 4. The second-order valence-corrected chi connectivity index (χ2v) is 4.44. The summed E-state index contributed by atoms with van der Waals surface area (Å²) in [6.45, 7) is 11.9. The van der Waals surface area contributed by atoms with Crippen molar-refractivity contribution in [2.75, 3.05) is 20.2 Å². The van der Waals surface area contributed by atoms with Crippen LogP contribution in [0.3, 0.4) is 0 Å². The average Bonchev–Trinajstić information content (AvgIpc) is 2.20. The molecule has 0 aliphatic heterocycles. The van der Waals surface area contributed by atoms with Crippen molar-refractivity contribution in [2.24, 2.45) is 5.92 Å². The summed E-state index contributed by atoms with van der Waals surface area (Å²) in [7, 11) is 1.24. The molecule has 6 heteroatoms. The Morgan fingerprint density at radius 3 is 2.41 bits per heavy atom. The fourth-order valence-corrected chi connectivity index (χ4v) is 1.02. The molecule has 0 aromatic carbocycles. The first-order valence-corrected chi connectivity index (χ1v) is 5.18. The smallest absolute Gasteiger partial charge is 0.407 e. The van der Waals surface area contributed by atoms with E-state index < -0.39 is 23.6 Å². The van der Waals surface area contributed by atoms with Crippen LogP contribution >= 0.6 is 0 Å². The van der Waals surface area contributed by atoms with Gasteiger partial charge in [-0.15, -0.1) is 0 Å². The molecule has 0 aliphatic carbocycles. The summed E-state index contributed by atoms with van der Waals surface area (Å²) in [5.41, 5.74) is -0.593. The van der Waals surface area contributed by atoms with Crippen LogP contribution in [-0.2, 0) is 14.3 Å². The lowest BCUT2D eigenvalue weighted by Crippen LogP contribution is -2.38. The number of ether oxygens (including phenoxy) is 2. The Morgan fingerprint density at radius 1 is 1.41 bits per heavy atom. The van der Waals surface area contributed by atoms with E-state index in [2.05, 4.69) is 14.9 Å². The molecule has 1 amide bonds. The number of esters is 1. The number of carbonyl (C=O) groups is 2. The lowest BCUT2D eigenvalue weighted by molar-refractivity contribution is -0.144. The summed E-state index contributed by atoms with van der Waals surface area (Å²) in [6, 6.07) is 0. The molecular weight excluding hydrogens is 224 g/mol. The quantitative estimate of drug-likeness (QED) is 0.594. The molecule has 0 fully saturated rings. The minimum absolute atomic E-state index is 0.0253. The molecule has 96 valence electrons. The van der Waals surface area contributed by atoms with Crippen molar-refractivity contribution < 1.29 is 19.1 Å². The predicted octanol–water partition coefficient (Wildman–Crippen LogP) is 1.22. The van der Waals surface area contributed by atoms with Crippen LogP contribution in [0.5, 0.6) is 0 Å². The van der Waals surface area contributed by atoms with Gasteiger partial charge >= 0.3 is 12.1 Å². The number of nitrogens with one attached hydrogen (secondary N) is 1. The second kappa shape index (κ2) is 6.74. The zero-order chi connectivity index (χ0) is 13.5. The first-order valence-electron chi connectivity index (χ1n) is 5.18. The average molecular weight is 242 g/mol.